The molecule has 2 aromatic carbocycles. The molecule has 3 N–H and O–H groups in total. The van der Waals surface area contributed by atoms with E-state index in [0.29, 0.717) is 23.9 Å². The third kappa shape index (κ3) is 3.77. The Balaban J connectivity index is 1.60. The zero-order valence-electron chi connectivity index (χ0n) is 13.3. The summed E-state index contributed by atoms with van der Waals surface area (Å²) in [7, 11) is 0. The van der Waals surface area contributed by atoms with Gasteiger partial charge in [0.2, 0.25) is 5.91 Å². The molecule has 3 aromatic rings. The number of hydrogen-bond donors (Lipinski definition) is 3. The van der Waals surface area contributed by atoms with E-state index in [2.05, 4.69) is 10.3 Å². The van der Waals surface area contributed by atoms with Crippen LogP contribution in [0.5, 0.6) is 11.5 Å². The first-order valence-corrected chi connectivity index (χ1v) is 7.76. The molecule has 25 heavy (non-hydrogen) atoms. The van der Waals surface area contributed by atoms with Gasteiger partial charge in [-0.2, -0.15) is 0 Å². The van der Waals surface area contributed by atoms with Crippen LogP contribution in [0, 0.1) is 0 Å². The fourth-order valence-electron chi connectivity index (χ4n) is 2.50. The summed E-state index contributed by atoms with van der Waals surface area (Å²) in [5, 5.41) is 21.9. The highest BCUT2D eigenvalue weighted by Crippen LogP contribution is 2.24. The van der Waals surface area contributed by atoms with Crippen LogP contribution in [0.3, 0.4) is 0 Å². The number of aromatic hydroxyl groups is 2. The summed E-state index contributed by atoms with van der Waals surface area (Å²) in [6.07, 6.45) is 1.85. The van der Waals surface area contributed by atoms with Gasteiger partial charge in [0, 0.05) is 6.54 Å². The summed E-state index contributed by atoms with van der Waals surface area (Å²) in [5.41, 5.74) is 1.11. The van der Waals surface area contributed by atoms with Crippen LogP contribution >= 0.6 is 0 Å². The number of benzene rings is 2. The quantitative estimate of drug-likeness (QED) is 0.605. The molecular formula is C18H17N3O4. The average molecular weight is 339 g/mol. The van der Waals surface area contributed by atoms with Crippen LogP contribution in [0.2, 0.25) is 0 Å². The van der Waals surface area contributed by atoms with Crippen molar-refractivity contribution in [1.29, 1.82) is 0 Å². The summed E-state index contributed by atoms with van der Waals surface area (Å²) in [5.74, 6) is -0.684. The van der Waals surface area contributed by atoms with Crippen LogP contribution < -0.4 is 10.9 Å². The van der Waals surface area contributed by atoms with Gasteiger partial charge in [-0.05, 0) is 36.2 Å². The number of hydrogen-bond acceptors (Lipinski definition) is 5. The van der Waals surface area contributed by atoms with E-state index in [1.54, 1.807) is 30.3 Å². The predicted molar refractivity (Wildman–Crippen MR) is 92.5 cm³/mol. The van der Waals surface area contributed by atoms with Crippen LogP contribution in [0.25, 0.3) is 10.9 Å². The van der Waals surface area contributed by atoms with Crippen LogP contribution in [-0.4, -0.2) is 32.2 Å². The Labute approximate surface area is 143 Å². The van der Waals surface area contributed by atoms with E-state index in [0.717, 1.165) is 5.56 Å². The zero-order chi connectivity index (χ0) is 17.8. The Kier molecular flexibility index (Phi) is 4.65. The van der Waals surface area contributed by atoms with Gasteiger partial charge >= 0.3 is 0 Å². The second-order valence-electron chi connectivity index (χ2n) is 5.62. The van der Waals surface area contributed by atoms with Crippen molar-refractivity contribution in [3.05, 3.63) is 64.7 Å². The van der Waals surface area contributed by atoms with E-state index in [-0.39, 0.29) is 29.5 Å². The fourth-order valence-corrected chi connectivity index (χ4v) is 2.50. The molecule has 0 aliphatic carbocycles. The van der Waals surface area contributed by atoms with Crippen molar-refractivity contribution in [1.82, 2.24) is 14.9 Å². The minimum Gasteiger partial charge on any atom is -0.504 e. The van der Waals surface area contributed by atoms with Gasteiger partial charge in [-0.25, -0.2) is 4.98 Å². The molecule has 0 fully saturated rings. The van der Waals surface area contributed by atoms with Crippen molar-refractivity contribution in [2.75, 3.05) is 6.54 Å². The van der Waals surface area contributed by atoms with Crippen molar-refractivity contribution in [2.45, 2.75) is 13.0 Å². The Morgan fingerprint density at radius 2 is 1.92 bits per heavy atom. The SMILES string of the molecule is O=C(Cn1cnc2ccccc2c1=O)NCCc1ccc(O)c(O)c1. The number of amides is 1. The van der Waals surface area contributed by atoms with Gasteiger partial charge in [-0.3, -0.25) is 14.2 Å². The third-order valence-corrected chi connectivity index (χ3v) is 3.82. The first-order valence-electron chi connectivity index (χ1n) is 7.76. The maximum absolute atomic E-state index is 12.3. The lowest BCUT2D eigenvalue weighted by Gasteiger charge is -2.08. The van der Waals surface area contributed by atoms with Crippen LogP contribution in [0.15, 0.2) is 53.6 Å². The van der Waals surface area contributed by atoms with E-state index >= 15 is 0 Å². The molecule has 0 saturated carbocycles. The Morgan fingerprint density at radius 3 is 2.72 bits per heavy atom. The van der Waals surface area contributed by atoms with Crippen molar-refractivity contribution < 1.29 is 15.0 Å². The molecule has 1 heterocycles. The minimum absolute atomic E-state index is 0.114. The standard InChI is InChI=1S/C18H17N3O4/c22-15-6-5-12(9-16(15)23)7-8-19-17(24)10-21-11-20-14-4-2-1-3-13(14)18(21)25/h1-6,9,11,22-23H,7-8,10H2,(H,19,24). The average Bonchev–Trinajstić information content (AvgIpc) is 2.61. The highest BCUT2D eigenvalue weighted by Gasteiger charge is 2.08. The molecule has 0 unspecified atom stereocenters. The fraction of sp³-hybridized carbons (Fsp3) is 0.167. The normalized spacial score (nSPS) is 10.7. The molecule has 128 valence electrons. The highest BCUT2D eigenvalue weighted by atomic mass is 16.3. The van der Waals surface area contributed by atoms with Gasteiger partial charge < -0.3 is 15.5 Å². The Hall–Kier alpha value is -3.35. The van der Waals surface area contributed by atoms with Crippen LogP contribution in [-0.2, 0) is 17.8 Å². The summed E-state index contributed by atoms with van der Waals surface area (Å²) in [6.45, 7) is 0.232. The predicted octanol–water partition coefficient (Wildman–Crippen LogP) is 1.17. The molecule has 7 nitrogen and oxygen atoms in total. The number of phenolic OH excluding ortho intramolecular Hbond substituents is 2. The van der Waals surface area contributed by atoms with Gasteiger partial charge in [0.05, 0.1) is 17.2 Å². The molecule has 7 heteroatoms. The summed E-state index contributed by atoms with van der Waals surface area (Å²) >= 11 is 0. The monoisotopic (exact) mass is 339 g/mol. The number of carbonyl (C=O) groups excluding carboxylic acids is 1. The number of nitrogens with zero attached hydrogens (tertiary/aromatic N) is 2. The molecule has 0 saturated heterocycles. The van der Waals surface area contributed by atoms with Crippen LogP contribution in [0.1, 0.15) is 5.56 Å². The van der Waals surface area contributed by atoms with Gasteiger partial charge in [-0.15, -0.1) is 0 Å². The molecule has 0 radical (unpaired) electrons. The molecule has 0 aliphatic heterocycles. The Bertz CT molecular complexity index is 981. The topological polar surface area (TPSA) is 104 Å². The molecule has 1 amide bonds. The summed E-state index contributed by atoms with van der Waals surface area (Å²) in [6, 6.07) is 11.5. The number of carbonyl (C=O) groups is 1. The third-order valence-electron chi connectivity index (χ3n) is 3.82. The van der Waals surface area contributed by atoms with Crippen molar-refractivity contribution in [2.24, 2.45) is 0 Å². The van der Waals surface area contributed by atoms with Gasteiger partial charge in [0.1, 0.15) is 6.54 Å². The molecule has 0 spiro atoms. The van der Waals surface area contributed by atoms with Crippen molar-refractivity contribution in [3.8, 4) is 11.5 Å². The lowest BCUT2D eigenvalue weighted by molar-refractivity contribution is -0.121. The number of rotatable bonds is 5. The highest BCUT2D eigenvalue weighted by molar-refractivity contribution is 5.78. The maximum atomic E-state index is 12.3. The molecule has 0 atom stereocenters. The van der Waals surface area contributed by atoms with Gasteiger partial charge in [0.15, 0.2) is 11.5 Å². The minimum atomic E-state index is -0.304. The van der Waals surface area contributed by atoms with Crippen LogP contribution in [0.4, 0.5) is 0 Å². The first-order chi connectivity index (χ1) is 12.0. The zero-order valence-corrected chi connectivity index (χ0v) is 13.3. The number of aromatic nitrogens is 2. The largest absolute Gasteiger partial charge is 0.504 e. The Morgan fingerprint density at radius 1 is 1.12 bits per heavy atom. The van der Waals surface area contributed by atoms with E-state index in [4.69, 9.17) is 0 Å². The molecule has 1 aromatic heterocycles. The lowest BCUT2D eigenvalue weighted by atomic mass is 10.1. The van der Waals surface area contributed by atoms with E-state index in [1.807, 2.05) is 0 Å². The molecule has 0 bridgehead atoms. The van der Waals surface area contributed by atoms with Gasteiger partial charge in [0.25, 0.3) is 5.56 Å². The smallest absolute Gasteiger partial charge is 0.261 e. The maximum Gasteiger partial charge on any atom is 0.261 e. The molecular weight excluding hydrogens is 322 g/mol. The van der Waals surface area contributed by atoms with Gasteiger partial charge in [-0.1, -0.05) is 18.2 Å². The molecule has 0 aliphatic rings. The number of fused-ring (bicyclic) bond motifs is 1. The van der Waals surface area contributed by atoms with Crippen molar-refractivity contribution >= 4 is 16.8 Å². The van der Waals surface area contributed by atoms with E-state index in [1.165, 1.54) is 23.0 Å². The first kappa shape index (κ1) is 16.5. The van der Waals surface area contributed by atoms with Crippen molar-refractivity contribution in [3.63, 3.8) is 0 Å². The second-order valence-corrected chi connectivity index (χ2v) is 5.62. The second kappa shape index (κ2) is 7.04. The van der Waals surface area contributed by atoms with E-state index < -0.39 is 0 Å². The molecule has 3 rings (SSSR count). The van der Waals surface area contributed by atoms with E-state index in [9.17, 15) is 19.8 Å². The number of phenols is 2. The number of nitrogens with one attached hydrogen (secondary N) is 1. The summed E-state index contributed by atoms with van der Waals surface area (Å²) < 4.78 is 1.27. The lowest BCUT2D eigenvalue weighted by Crippen LogP contribution is -2.33. The number of para-hydroxylation sites is 1. The summed E-state index contributed by atoms with van der Waals surface area (Å²) in [4.78, 5) is 28.5.